The lowest BCUT2D eigenvalue weighted by Gasteiger charge is -2.03. The van der Waals surface area contributed by atoms with Crippen LogP contribution in [0.25, 0.3) is 0 Å². The minimum Gasteiger partial charge on any atom is -0.392 e. The summed E-state index contributed by atoms with van der Waals surface area (Å²) in [6, 6.07) is 0. The summed E-state index contributed by atoms with van der Waals surface area (Å²) in [6.45, 7) is 5.45. The molecular weight excluding hydrogens is 260 g/mol. The number of rotatable bonds is 14. The first-order valence-electron chi connectivity index (χ1n) is 9.34. The standard InChI is InChI=1S/C18H36N2O/c1-2-3-4-5-6-7-8-9-10-11-12-13-18-19-14-15-20(18)16-17-21/h21H,2-17H2,1H3/p+1. The molecule has 0 aromatic rings. The van der Waals surface area contributed by atoms with E-state index in [1.807, 2.05) is 0 Å². The van der Waals surface area contributed by atoms with Gasteiger partial charge in [-0.25, -0.2) is 0 Å². The number of hydrogen-bond acceptors (Lipinski definition) is 2. The monoisotopic (exact) mass is 297 g/mol. The molecule has 3 heteroatoms. The van der Waals surface area contributed by atoms with Gasteiger partial charge in [0.25, 0.3) is 0 Å². The highest BCUT2D eigenvalue weighted by Gasteiger charge is 2.19. The number of nitrogens with one attached hydrogen (secondary N) is 1. The Bertz CT molecular complexity index is 276. The fourth-order valence-electron chi connectivity index (χ4n) is 3.15. The van der Waals surface area contributed by atoms with Gasteiger partial charge in [-0.15, -0.1) is 0 Å². The quantitative estimate of drug-likeness (QED) is 0.379. The van der Waals surface area contributed by atoms with Gasteiger partial charge in [-0.1, -0.05) is 71.1 Å². The number of aliphatic hydroxyl groups is 1. The van der Waals surface area contributed by atoms with Gasteiger partial charge in [0.05, 0.1) is 6.61 Å². The average Bonchev–Trinajstić information content (AvgIpc) is 2.92. The van der Waals surface area contributed by atoms with Crippen LogP contribution >= 0.6 is 0 Å². The molecular formula is C18H37N2O+. The summed E-state index contributed by atoms with van der Waals surface area (Å²) in [6.07, 6.45) is 16.6. The molecule has 0 bridgehead atoms. The molecule has 1 aliphatic heterocycles. The Morgan fingerprint density at radius 2 is 1.48 bits per heavy atom. The summed E-state index contributed by atoms with van der Waals surface area (Å²) in [5, 5.41) is 12.5. The van der Waals surface area contributed by atoms with E-state index >= 15 is 0 Å². The van der Waals surface area contributed by atoms with Crippen LogP contribution in [0.1, 0.15) is 84.0 Å². The normalized spacial score (nSPS) is 14.8. The molecule has 0 atom stereocenters. The zero-order valence-electron chi connectivity index (χ0n) is 14.2. The Labute approximate surface area is 131 Å². The van der Waals surface area contributed by atoms with Gasteiger partial charge in [0.15, 0.2) is 0 Å². The predicted octanol–water partition coefficient (Wildman–Crippen LogP) is 3.69. The van der Waals surface area contributed by atoms with Crippen molar-refractivity contribution in [3.8, 4) is 0 Å². The summed E-state index contributed by atoms with van der Waals surface area (Å²) in [7, 11) is 0. The van der Waals surface area contributed by atoms with Crippen LogP contribution in [0.15, 0.2) is 0 Å². The van der Waals surface area contributed by atoms with Gasteiger partial charge in [0.2, 0.25) is 5.84 Å². The van der Waals surface area contributed by atoms with E-state index in [-0.39, 0.29) is 6.61 Å². The molecule has 21 heavy (non-hydrogen) atoms. The number of β-amino-alcohol motifs (C(OH)–C–C–N with tert-alkyl or cyclic N) is 1. The van der Waals surface area contributed by atoms with Crippen LogP contribution < -0.4 is 5.32 Å². The van der Waals surface area contributed by atoms with E-state index in [2.05, 4.69) is 16.8 Å². The molecule has 3 nitrogen and oxygen atoms in total. The second-order valence-electron chi connectivity index (χ2n) is 6.37. The van der Waals surface area contributed by atoms with Crippen LogP contribution in [0.4, 0.5) is 0 Å². The zero-order chi connectivity index (χ0) is 15.2. The highest BCUT2D eigenvalue weighted by molar-refractivity contribution is 5.78. The van der Waals surface area contributed by atoms with Crippen molar-refractivity contribution in [2.75, 3.05) is 26.2 Å². The number of unbranched alkanes of at least 4 members (excludes halogenated alkanes) is 10. The molecule has 2 N–H and O–H groups in total. The minimum absolute atomic E-state index is 0.267. The Kier molecular flexibility index (Phi) is 11.5. The molecule has 0 aromatic heterocycles. The third kappa shape index (κ3) is 9.13. The molecule has 1 aliphatic rings. The molecule has 0 amide bonds. The summed E-state index contributed by atoms with van der Waals surface area (Å²) in [5.41, 5.74) is 0. The van der Waals surface area contributed by atoms with Crippen molar-refractivity contribution in [1.29, 1.82) is 0 Å². The predicted molar refractivity (Wildman–Crippen MR) is 91.2 cm³/mol. The first kappa shape index (κ1) is 18.5. The topological polar surface area (TPSA) is 35.3 Å². The fourth-order valence-corrected chi connectivity index (χ4v) is 3.15. The molecule has 0 unspecified atom stereocenters. The lowest BCUT2D eigenvalue weighted by Crippen LogP contribution is -2.24. The Morgan fingerprint density at radius 3 is 2.05 bits per heavy atom. The number of hydrogen-bond donors (Lipinski definition) is 2. The van der Waals surface area contributed by atoms with Crippen molar-refractivity contribution in [1.82, 2.24) is 5.32 Å². The van der Waals surface area contributed by atoms with E-state index in [1.54, 1.807) is 0 Å². The second-order valence-corrected chi connectivity index (χ2v) is 6.37. The van der Waals surface area contributed by atoms with E-state index < -0.39 is 0 Å². The summed E-state index contributed by atoms with van der Waals surface area (Å²) in [5.74, 6) is 1.36. The van der Waals surface area contributed by atoms with Crippen molar-refractivity contribution in [3.63, 3.8) is 0 Å². The van der Waals surface area contributed by atoms with Crippen LogP contribution in [-0.4, -0.2) is 41.8 Å². The van der Waals surface area contributed by atoms with E-state index in [0.717, 1.165) is 26.1 Å². The molecule has 1 heterocycles. The molecule has 0 aliphatic carbocycles. The van der Waals surface area contributed by atoms with Crippen molar-refractivity contribution in [2.24, 2.45) is 0 Å². The van der Waals surface area contributed by atoms with Crippen molar-refractivity contribution in [2.45, 2.75) is 84.0 Å². The lowest BCUT2D eigenvalue weighted by molar-refractivity contribution is -0.521. The fraction of sp³-hybridized carbons (Fsp3) is 0.944. The molecule has 0 radical (unpaired) electrons. The van der Waals surface area contributed by atoms with Gasteiger partial charge in [-0.05, 0) is 6.42 Å². The molecule has 0 aromatic carbocycles. The van der Waals surface area contributed by atoms with Crippen molar-refractivity contribution >= 4 is 5.84 Å². The molecule has 1 rings (SSSR count). The third-order valence-electron chi connectivity index (χ3n) is 4.48. The highest BCUT2D eigenvalue weighted by atomic mass is 16.3. The lowest BCUT2D eigenvalue weighted by atomic mass is 10.1. The maximum Gasteiger partial charge on any atom is 0.245 e. The van der Waals surface area contributed by atoms with Gasteiger partial charge in [-0.3, -0.25) is 9.89 Å². The Hall–Kier alpha value is -0.570. The van der Waals surface area contributed by atoms with E-state index in [4.69, 9.17) is 5.11 Å². The Balaban J connectivity index is 1.87. The molecule has 0 spiro atoms. The van der Waals surface area contributed by atoms with Crippen molar-refractivity contribution < 1.29 is 9.68 Å². The largest absolute Gasteiger partial charge is 0.392 e. The second kappa shape index (κ2) is 13.1. The first-order chi connectivity index (χ1) is 10.4. The van der Waals surface area contributed by atoms with Gasteiger partial charge < -0.3 is 5.11 Å². The average molecular weight is 298 g/mol. The van der Waals surface area contributed by atoms with Crippen LogP contribution in [-0.2, 0) is 0 Å². The van der Waals surface area contributed by atoms with Gasteiger partial charge in [0.1, 0.15) is 19.6 Å². The first-order valence-corrected chi connectivity index (χ1v) is 9.34. The smallest absolute Gasteiger partial charge is 0.245 e. The number of aliphatic hydroxyl groups excluding tert-OH is 1. The van der Waals surface area contributed by atoms with Gasteiger partial charge in [0, 0.05) is 6.42 Å². The molecule has 0 saturated carbocycles. The summed E-state index contributed by atoms with van der Waals surface area (Å²) < 4.78 is 2.30. The Morgan fingerprint density at radius 1 is 0.905 bits per heavy atom. The molecule has 0 fully saturated rings. The van der Waals surface area contributed by atoms with Crippen LogP contribution in [0, 0.1) is 0 Å². The van der Waals surface area contributed by atoms with E-state index in [1.165, 1.54) is 76.5 Å². The number of amidine groups is 1. The van der Waals surface area contributed by atoms with Crippen LogP contribution in [0.2, 0.25) is 0 Å². The maximum absolute atomic E-state index is 9.02. The maximum atomic E-state index is 9.02. The van der Waals surface area contributed by atoms with E-state index in [0.29, 0.717) is 0 Å². The zero-order valence-corrected chi connectivity index (χ0v) is 14.2. The van der Waals surface area contributed by atoms with Gasteiger partial charge in [-0.2, -0.15) is 0 Å². The van der Waals surface area contributed by atoms with Crippen LogP contribution in [0.3, 0.4) is 0 Å². The minimum atomic E-state index is 0.267. The molecule has 0 saturated heterocycles. The third-order valence-corrected chi connectivity index (χ3v) is 4.48. The number of nitrogens with zero attached hydrogens (tertiary/aromatic N) is 1. The summed E-state index contributed by atoms with van der Waals surface area (Å²) >= 11 is 0. The van der Waals surface area contributed by atoms with Crippen molar-refractivity contribution in [3.05, 3.63) is 0 Å². The van der Waals surface area contributed by atoms with Gasteiger partial charge >= 0.3 is 0 Å². The van der Waals surface area contributed by atoms with E-state index in [9.17, 15) is 0 Å². The van der Waals surface area contributed by atoms with Crippen LogP contribution in [0.5, 0.6) is 0 Å². The molecule has 124 valence electrons. The summed E-state index contributed by atoms with van der Waals surface area (Å²) in [4.78, 5) is 0. The highest BCUT2D eigenvalue weighted by Crippen LogP contribution is 2.12. The SMILES string of the molecule is CCCCCCCCCCCCCC1=[N+](CCO)CCN1.